The molecule has 0 fully saturated rings. The Morgan fingerprint density at radius 3 is 2.46 bits per heavy atom. The number of anilines is 1. The molecule has 1 N–H and O–H groups in total. The van der Waals surface area contributed by atoms with Gasteiger partial charge in [0.2, 0.25) is 0 Å². The van der Waals surface area contributed by atoms with Gasteiger partial charge < -0.3 is 9.47 Å². The third-order valence-corrected chi connectivity index (χ3v) is 5.35. The Labute approximate surface area is 201 Å². The molecule has 1 unspecified atom stereocenters. The molecule has 180 valence electrons. The lowest BCUT2D eigenvalue weighted by molar-refractivity contribution is -0.187. The maximum absolute atomic E-state index is 14.1. The van der Waals surface area contributed by atoms with Gasteiger partial charge in [0.15, 0.2) is 11.0 Å². The highest BCUT2D eigenvalue weighted by Gasteiger charge is 2.42. The van der Waals surface area contributed by atoms with Crippen molar-refractivity contribution in [3.05, 3.63) is 83.1 Å². The first-order chi connectivity index (χ1) is 16.8. The molecule has 2 aromatic carbocycles. The third-order valence-electron chi connectivity index (χ3n) is 4.54. The molecule has 0 radical (unpaired) electrons. The average molecular weight is 500 g/mol. The molecular formula is C22H18F2N6O4S. The number of amides is 1. The monoisotopic (exact) mass is 500 g/mol. The number of thiazole rings is 1. The molecule has 10 nitrogen and oxygen atoms in total. The van der Waals surface area contributed by atoms with Crippen LogP contribution in [0.3, 0.4) is 0 Å². The van der Waals surface area contributed by atoms with Gasteiger partial charge in [-0.25, -0.2) is 4.98 Å². The molecular weight excluding hydrogens is 482 g/mol. The van der Waals surface area contributed by atoms with Crippen molar-refractivity contribution in [2.75, 3.05) is 5.32 Å². The van der Waals surface area contributed by atoms with Gasteiger partial charge in [-0.05, 0) is 22.9 Å². The van der Waals surface area contributed by atoms with Gasteiger partial charge in [0, 0.05) is 5.38 Å². The summed E-state index contributed by atoms with van der Waals surface area (Å²) in [5.41, 5.74) is 0.863. The lowest BCUT2D eigenvalue weighted by atomic mass is 9.99. The third kappa shape index (κ3) is 6.00. The Morgan fingerprint density at radius 2 is 1.80 bits per heavy atom. The Hall–Kier alpha value is -4.26. The van der Waals surface area contributed by atoms with E-state index in [0.717, 1.165) is 11.3 Å². The number of carbonyl (C=O) groups excluding carboxylic acids is 2. The number of esters is 1. The molecule has 4 rings (SSSR count). The van der Waals surface area contributed by atoms with Crippen molar-refractivity contribution in [3.8, 4) is 5.75 Å². The van der Waals surface area contributed by atoms with E-state index in [1.807, 2.05) is 5.32 Å². The van der Waals surface area contributed by atoms with E-state index < -0.39 is 23.9 Å². The van der Waals surface area contributed by atoms with E-state index in [0.29, 0.717) is 5.56 Å². The summed E-state index contributed by atoms with van der Waals surface area (Å²) in [5.74, 6) is -3.25. The molecule has 35 heavy (non-hydrogen) atoms. The summed E-state index contributed by atoms with van der Waals surface area (Å²) in [4.78, 5) is 30.1. The smallest absolute Gasteiger partial charge is 0.458 e. The van der Waals surface area contributed by atoms with Crippen LogP contribution in [0.4, 0.5) is 13.9 Å². The van der Waals surface area contributed by atoms with Crippen LogP contribution >= 0.6 is 11.3 Å². The highest BCUT2D eigenvalue weighted by atomic mass is 32.1. The second kappa shape index (κ2) is 10.3. The summed E-state index contributed by atoms with van der Waals surface area (Å²) in [6, 6.07) is 16.0. The fourth-order valence-electron chi connectivity index (χ4n) is 2.96. The molecule has 0 bridgehead atoms. The maximum atomic E-state index is 14.1. The van der Waals surface area contributed by atoms with Crippen molar-refractivity contribution in [2.45, 2.75) is 18.6 Å². The topological polar surface area (TPSA) is 121 Å². The van der Waals surface area contributed by atoms with Gasteiger partial charge in [0.1, 0.15) is 18.3 Å². The van der Waals surface area contributed by atoms with Crippen LogP contribution in [0.2, 0.25) is 0 Å². The van der Waals surface area contributed by atoms with E-state index in [2.05, 4.69) is 25.1 Å². The van der Waals surface area contributed by atoms with Gasteiger partial charge in [-0.15, -0.1) is 21.5 Å². The molecule has 0 aliphatic heterocycles. The zero-order chi connectivity index (χ0) is 24.8. The van der Waals surface area contributed by atoms with Crippen LogP contribution in [0.25, 0.3) is 0 Å². The number of benzene rings is 2. The first-order valence-corrected chi connectivity index (χ1v) is 11.0. The maximum Gasteiger partial charge on any atom is 0.482 e. The zero-order valence-electron chi connectivity index (χ0n) is 18.2. The number of hydrogen-bond acceptors (Lipinski definition) is 9. The Bertz CT molecular complexity index is 1300. The van der Waals surface area contributed by atoms with Crippen molar-refractivity contribution in [3.63, 3.8) is 0 Å². The number of nitrogens with one attached hydrogen (secondary N) is 1. The number of aryl methyl sites for hydroxylation is 1. The summed E-state index contributed by atoms with van der Waals surface area (Å²) in [7, 11) is 1.57. The summed E-state index contributed by atoms with van der Waals surface area (Å²) in [5, 5.41) is 15.2. The van der Waals surface area contributed by atoms with Crippen molar-refractivity contribution in [1.82, 2.24) is 25.2 Å². The quantitative estimate of drug-likeness (QED) is 0.348. The van der Waals surface area contributed by atoms with Crippen LogP contribution < -0.4 is 10.1 Å². The van der Waals surface area contributed by atoms with E-state index >= 15 is 0 Å². The molecule has 2 aromatic heterocycles. The van der Waals surface area contributed by atoms with E-state index in [9.17, 15) is 18.4 Å². The van der Waals surface area contributed by atoms with Crippen molar-refractivity contribution < 1.29 is 27.8 Å². The largest absolute Gasteiger partial charge is 0.482 e. The molecule has 0 saturated carbocycles. The van der Waals surface area contributed by atoms with E-state index in [1.165, 1.54) is 34.4 Å². The van der Waals surface area contributed by atoms with Crippen molar-refractivity contribution in [1.29, 1.82) is 0 Å². The van der Waals surface area contributed by atoms with Crippen LogP contribution in [0.5, 0.6) is 5.75 Å². The molecule has 0 aliphatic rings. The minimum absolute atomic E-state index is 0.104. The summed E-state index contributed by atoms with van der Waals surface area (Å²) in [6.45, 7) is -0.258. The number of ether oxygens (including phenoxy) is 2. The van der Waals surface area contributed by atoms with Gasteiger partial charge in [0.05, 0.1) is 12.7 Å². The first kappa shape index (κ1) is 23.9. The number of carbonyl (C=O) groups is 2. The molecule has 1 amide bonds. The number of rotatable bonds is 9. The minimum atomic E-state index is -4.12. The summed E-state index contributed by atoms with van der Waals surface area (Å²) in [6.07, 6.45) is -4.12. The standard InChI is InChI=1S/C22H18F2N6O4S/c1-30-28-18(27-29-30)17(14-8-4-2-5-9-14)19(31)33-12-15-13-35-21(25-15)26-20(32)22(23,24)34-16-10-6-3-7-11-16/h2-11,13,17H,12H2,1H3,(H,25,26,32). The van der Waals surface area contributed by atoms with Gasteiger partial charge in [0.25, 0.3) is 0 Å². The molecule has 0 saturated heterocycles. The highest BCUT2D eigenvalue weighted by Crippen LogP contribution is 2.26. The normalized spacial score (nSPS) is 12.1. The number of alkyl halides is 2. The number of halogens is 2. The molecule has 13 heteroatoms. The highest BCUT2D eigenvalue weighted by molar-refractivity contribution is 7.13. The SMILES string of the molecule is Cn1nnc(C(C(=O)OCc2csc(NC(=O)C(F)(F)Oc3ccccc3)n2)c2ccccc2)n1. The average Bonchev–Trinajstić information content (AvgIpc) is 3.47. The van der Waals surface area contributed by atoms with Gasteiger partial charge in [-0.3, -0.25) is 14.9 Å². The van der Waals surface area contributed by atoms with Crippen LogP contribution in [0, 0.1) is 0 Å². The van der Waals surface area contributed by atoms with Crippen molar-refractivity contribution in [2.24, 2.45) is 7.05 Å². The van der Waals surface area contributed by atoms with E-state index in [-0.39, 0.29) is 29.0 Å². The predicted molar refractivity (Wildman–Crippen MR) is 120 cm³/mol. The minimum Gasteiger partial charge on any atom is -0.458 e. The molecule has 1 atom stereocenters. The fraction of sp³-hybridized carbons (Fsp3) is 0.182. The Balaban J connectivity index is 1.38. The molecule has 0 spiro atoms. The summed E-state index contributed by atoms with van der Waals surface area (Å²) >= 11 is 0.895. The fourth-order valence-corrected chi connectivity index (χ4v) is 3.65. The number of hydrogen-bond donors (Lipinski definition) is 1. The molecule has 2 heterocycles. The van der Waals surface area contributed by atoms with Crippen LogP contribution in [-0.2, 0) is 28.0 Å². The van der Waals surface area contributed by atoms with Gasteiger partial charge in [-0.2, -0.15) is 13.6 Å². The first-order valence-electron chi connectivity index (χ1n) is 10.1. The van der Waals surface area contributed by atoms with Crippen LogP contribution in [0.15, 0.2) is 66.0 Å². The molecule has 0 aliphatic carbocycles. The van der Waals surface area contributed by atoms with Gasteiger partial charge in [-0.1, -0.05) is 48.5 Å². The predicted octanol–water partition coefficient (Wildman–Crippen LogP) is 3.15. The second-order valence-electron chi connectivity index (χ2n) is 7.12. The Morgan fingerprint density at radius 1 is 1.11 bits per heavy atom. The number of aromatic nitrogens is 5. The molecule has 4 aromatic rings. The lowest BCUT2D eigenvalue weighted by Gasteiger charge is -2.16. The number of nitrogens with zero attached hydrogens (tertiary/aromatic N) is 5. The lowest BCUT2D eigenvalue weighted by Crippen LogP contribution is -2.39. The van der Waals surface area contributed by atoms with E-state index in [1.54, 1.807) is 43.4 Å². The second-order valence-corrected chi connectivity index (χ2v) is 7.98. The zero-order valence-corrected chi connectivity index (χ0v) is 19.0. The van der Waals surface area contributed by atoms with Crippen molar-refractivity contribution >= 4 is 28.3 Å². The van der Waals surface area contributed by atoms with Gasteiger partial charge >= 0.3 is 18.0 Å². The Kier molecular flexibility index (Phi) is 7.06. The van der Waals surface area contributed by atoms with Crippen LogP contribution in [-0.4, -0.2) is 43.2 Å². The number of para-hydroxylation sites is 1. The van der Waals surface area contributed by atoms with Crippen LogP contribution in [0.1, 0.15) is 23.0 Å². The summed E-state index contributed by atoms with van der Waals surface area (Å²) < 4.78 is 38.1. The number of tetrazole rings is 1. The van der Waals surface area contributed by atoms with E-state index in [4.69, 9.17) is 4.74 Å².